The lowest BCUT2D eigenvalue weighted by Crippen LogP contribution is -2.07. The Labute approximate surface area is 72.7 Å². The second-order valence-electron chi connectivity index (χ2n) is 2.77. The van der Waals surface area contributed by atoms with Crippen molar-refractivity contribution in [2.24, 2.45) is 5.10 Å². The summed E-state index contributed by atoms with van der Waals surface area (Å²) in [4.78, 5) is 3.94. The summed E-state index contributed by atoms with van der Waals surface area (Å²) in [5.74, 6) is 0. The molecule has 0 aromatic carbocycles. The summed E-state index contributed by atoms with van der Waals surface area (Å²) in [6.07, 6.45) is 3.54. The summed E-state index contributed by atoms with van der Waals surface area (Å²) in [5.41, 5.74) is 2.11. The molecule has 1 heterocycles. The Kier molecular flexibility index (Phi) is 2.80. The molecule has 0 aliphatic heterocycles. The summed E-state index contributed by atoms with van der Waals surface area (Å²) < 4.78 is 0. The zero-order chi connectivity index (χ0) is 8.97. The third kappa shape index (κ3) is 2.34. The molecular formula is C9H13N3. The topological polar surface area (TPSA) is 28.5 Å². The molecule has 0 saturated carbocycles. The number of hydrogen-bond donors (Lipinski definition) is 0. The van der Waals surface area contributed by atoms with Crippen LogP contribution in [-0.4, -0.2) is 29.8 Å². The minimum absolute atomic E-state index is 1.00. The van der Waals surface area contributed by atoms with Crippen molar-refractivity contribution in [1.29, 1.82) is 0 Å². The van der Waals surface area contributed by atoms with Gasteiger partial charge in [0.25, 0.3) is 0 Å². The molecule has 0 aliphatic rings. The minimum Gasteiger partial charge on any atom is -0.303 e. The first-order valence-electron chi connectivity index (χ1n) is 3.83. The highest BCUT2D eigenvalue weighted by Crippen LogP contribution is 1.99. The smallest absolute Gasteiger partial charge is 0.0647 e. The van der Waals surface area contributed by atoms with E-state index in [0.29, 0.717) is 0 Å². The molecule has 12 heavy (non-hydrogen) atoms. The maximum Gasteiger partial charge on any atom is 0.0647 e. The summed E-state index contributed by atoms with van der Waals surface area (Å²) in [5, 5.41) is 6.06. The van der Waals surface area contributed by atoms with Crippen molar-refractivity contribution in [2.75, 3.05) is 14.1 Å². The first-order valence-corrected chi connectivity index (χ1v) is 3.83. The van der Waals surface area contributed by atoms with Crippen molar-refractivity contribution in [1.82, 2.24) is 9.99 Å². The Balaban J connectivity index is 2.85. The molecule has 0 spiro atoms. The molecule has 1 aromatic rings. The Morgan fingerprint density at radius 1 is 1.33 bits per heavy atom. The van der Waals surface area contributed by atoms with Gasteiger partial charge in [0.15, 0.2) is 0 Å². The van der Waals surface area contributed by atoms with Gasteiger partial charge >= 0.3 is 0 Å². The van der Waals surface area contributed by atoms with Crippen molar-refractivity contribution in [3.05, 3.63) is 30.1 Å². The molecular weight excluding hydrogens is 150 g/mol. The Hall–Kier alpha value is -1.38. The van der Waals surface area contributed by atoms with Gasteiger partial charge in [0.05, 0.1) is 5.71 Å². The monoisotopic (exact) mass is 163 g/mol. The predicted molar refractivity (Wildman–Crippen MR) is 50.1 cm³/mol. The Bertz CT molecular complexity index is 264. The molecule has 64 valence electrons. The van der Waals surface area contributed by atoms with Crippen LogP contribution in [0.5, 0.6) is 0 Å². The van der Waals surface area contributed by atoms with E-state index in [1.165, 1.54) is 0 Å². The summed E-state index contributed by atoms with van der Waals surface area (Å²) in [6.45, 7) is 1.98. The molecule has 0 amide bonds. The number of aromatic nitrogens is 1. The van der Waals surface area contributed by atoms with Crippen LogP contribution in [0.2, 0.25) is 0 Å². The fourth-order valence-corrected chi connectivity index (χ4v) is 0.951. The average molecular weight is 163 g/mol. The average Bonchev–Trinajstić information content (AvgIpc) is 2.05. The van der Waals surface area contributed by atoms with Gasteiger partial charge in [0.2, 0.25) is 0 Å². The highest BCUT2D eigenvalue weighted by molar-refractivity contribution is 5.98. The number of hydrogen-bond acceptors (Lipinski definition) is 3. The first kappa shape index (κ1) is 8.71. The second-order valence-corrected chi connectivity index (χ2v) is 2.77. The van der Waals surface area contributed by atoms with Gasteiger partial charge in [-0.3, -0.25) is 4.98 Å². The number of rotatable bonds is 2. The van der Waals surface area contributed by atoms with E-state index in [-0.39, 0.29) is 0 Å². The first-order chi connectivity index (χ1) is 5.70. The van der Waals surface area contributed by atoms with Gasteiger partial charge in [-0.15, -0.1) is 0 Å². The molecule has 3 heteroatoms. The van der Waals surface area contributed by atoms with Crippen molar-refractivity contribution >= 4 is 5.71 Å². The van der Waals surface area contributed by atoms with Crippen LogP contribution in [0.1, 0.15) is 12.5 Å². The molecule has 0 fully saturated rings. The molecule has 0 unspecified atom stereocenters. The Morgan fingerprint density at radius 3 is 2.42 bits per heavy atom. The number of hydrazone groups is 1. The van der Waals surface area contributed by atoms with E-state index in [9.17, 15) is 0 Å². The van der Waals surface area contributed by atoms with Crippen molar-refractivity contribution in [3.63, 3.8) is 0 Å². The molecule has 1 rings (SSSR count). The molecule has 0 radical (unpaired) electrons. The molecule has 0 atom stereocenters. The molecule has 0 N–H and O–H groups in total. The molecule has 1 aromatic heterocycles. The van der Waals surface area contributed by atoms with Gasteiger partial charge in [-0.25, -0.2) is 0 Å². The summed E-state index contributed by atoms with van der Waals surface area (Å²) in [6, 6.07) is 3.89. The maximum atomic E-state index is 4.27. The SMILES string of the molecule is CC(=NN(C)C)c1ccncc1. The van der Waals surface area contributed by atoms with E-state index >= 15 is 0 Å². The summed E-state index contributed by atoms with van der Waals surface area (Å²) in [7, 11) is 3.81. The van der Waals surface area contributed by atoms with Crippen molar-refractivity contribution < 1.29 is 0 Å². The van der Waals surface area contributed by atoms with Crippen LogP contribution in [0.4, 0.5) is 0 Å². The van der Waals surface area contributed by atoms with Gasteiger partial charge in [0.1, 0.15) is 0 Å². The molecule has 0 saturated heterocycles. The van der Waals surface area contributed by atoms with E-state index in [1.54, 1.807) is 17.4 Å². The van der Waals surface area contributed by atoms with Crippen molar-refractivity contribution in [3.8, 4) is 0 Å². The lowest BCUT2D eigenvalue weighted by atomic mass is 10.2. The normalized spacial score (nSPS) is 11.4. The van der Waals surface area contributed by atoms with Crippen LogP contribution in [-0.2, 0) is 0 Å². The van der Waals surface area contributed by atoms with E-state index in [4.69, 9.17) is 0 Å². The van der Waals surface area contributed by atoms with Crippen LogP contribution in [0.3, 0.4) is 0 Å². The number of nitrogens with zero attached hydrogens (tertiary/aromatic N) is 3. The Morgan fingerprint density at radius 2 is 1.92 bits per heavy atom. The molecule has 0 aliphatic carbocycles. The van der Waals surface area contributed by atoms with Gasteiger partial charge in [-0.1, -0.05) is 0 Å². The zero-order valence-corrected chi connectivity index (χ0v) is 7.65. The quantitative estimate of drug-likeness (QED) is 0.486. The third-order valence-electron chi connectivity index (χ3n) is 1.45. The fourth-order valence-electron chi connectivity index (χ4n) is 0.951. The lowest BCUT2D eigenvalue weighted by molar-refractivity contribution is 0.438. The predicted octanol–water partition coefficient (Wildman–Crippen LogP) is 1.37. The van der Waals surface area contributed by atoms with Crippen LogP contribution in [0, 0.1) is 0 Å². The number of pyridine rings is 1. The zero-order valence-electron chi connectivity index (χ0n) is 7.65. The highest BCUT2D eigenvalue weighted by atomic mass is 15.4. The molecule has 0 bridgehead atoms. The standard InChI is InChI=1S/C9H13N3/c1-8(11-12(2)3)9-4-6-10-7-5-9/h4-7H,1-3H3. The highest BCUT2D eigenvalue weighted by Gasteiger charge is 1.94. The molecule has 3 nitrogen and oxygen atoms in total. The van der Waals surface area contributed by atoms with Crippen LogP contribution in [0.25, 0.3) is 0 Å². The third-order valence-corrected chi connectivity index (χ3v) is 1.45. The minimum atomic E-state index is 1.00. The van der Waals surface area contributed by atoms with E-state index in [2.05, 4.69) is 10.1 Å². The fraction of sp³-hybridized carbons (Fsp3) is 0.333. The van der Waals surface area contributed by atoms with Gasteiger partial charge in [-0.2, -0.15) is 5.10 Å². The van der Waals surface area contributed by atoms with E-state index in [1.807, 2.05) is 33.2 Å². The van der Waals surface area contributed by atoms with Gasteiger partial charge in [-0.05, 0) is 19.1 Å². The summed E-state index contributed by atoms with van der Waals surface area (Å²) >= 11 is 0. The lowest BCUT2D eigenvalue weighted by Gasteiger charge is -2.06. The van der Waals surface area contributed by atoms with Crippen LogP contribution >= 0.6 is 0 Å². The second kappa shape index (κ2) is 3.85. The van der Waals surface area contributed by atoms with Gasteiger partial charge < -0.3 is 5.01 Å². The van der Waals surface area contributed by atoms with E-state index < -0.39 is 0 Å². The van der Waals surface area contributed by atoms with Crippen LogP contribution < -0.4 is 0 Å². The van der Waals surface area contributed by atoms with Crippen LogP contribution in [0.15, 0.2) is 29.6 Å². The van der Waals surface area contributed by atoms with E-state index in [0.717, 1.165) is 11.3 Å². The largest absolute Gasteiger partial charge is 0.303 e. The van der Waals surface area contributed by atoms with Gasteiger partial charge in [0, 0.05) is 32.1 Å². The van der Waals surface area contributed by atoms with Crippen molar-refractivity contribution in [2.45, 2.75) is 6.92 Å². The maximum absolute atomic E-state index is 4.27.